The first-order chi connectivity index (χ1) is 4.18. The zero-order chi connectivity index (χ0) is 7.28. The maximum Gasteiger partial charge on any atom is 0.341 e. The number of hydrogen-bond acceptors (Lipinski definition) is 3. The zero-order valence-electron chi connectivity index (χ0n) is 5.00. The Bertz CT molecular complexity index is 112. The number of carbonyl (C=O) groups excluding carboxylic acids is 2. The first kappa shape index (κ1) is 7.90. The average Bonchev–Trinajstić information content (AvgIpc) is 1.82. The van der Waals surface area contributed by atoms with Crippen LogP contribution >= 0.6 is 0 Å². The van der Waals surface area contributed by atoms with Gasteiger partial charge in [-0.1, -0.05) is 0 Å². The predicted molar refractivity (Wildman–Crippen MR) is 29.0 cm³/mol. The number of rotatable bonds is 2. The molecule has 0 aromatic carbocycles. The van der Waals surface area contributed by atoms with Gasteiger partial charge in [0.05, 0.1) is 6.54 Å². The summed E-state index contributed by atoms with van der Waals surface area (Å²) in [6.07, 6.45) is 0.529. The lowest BCUT2D eigenvalue weighted by Crippen LogP contribution is -2.35. The van der Waals surface area contributed by atoms with E-state index < -0.39 is 6.03 Å². The van der Waals surface area contributed by atoms with Crippen LogP contribution in [0, 0.1) is 0 Å². The molecule has 2 amide bonds. The molecule has 0 rings (SSSR count). The summed E-state index contributed by atoms with van der Waals surface area (Å²) in [5, 5.41) is 10.8. The summed E-state index contributed by atoms with van der Waals surface area (Å²) < 4.78 is 0. The number of hydroxylamine groups is 2. The molecule has 0 aliphatic rings. The van der Waals surface area contributed by atoms with Gasteiger partial charge in [0.2, 0.25) is 0 Å². The van der Waals surface area contributed by atoms with Gasteiger partial charge in [0.25, 0.3) is 0 Å². The van der Waals surface area contributed by atoms with E-state index in [0.29, 0.717) is 11.3 Å². The molecular formula is C4H8N2O3. The molecule has 0 aromatic heterocycles. The van der Waals surface area contributed by atoms with Crippen molar-refractivity contribution in [1.29, 1.82) is 0 Å². The lowest BCUT2D eigenvalue weighted by Gasteiger charge is -2.06. The smallest absolute Gasteiger partial charge is 0.329 e. The van der Waals surface area contributed by atoms with Gasteiger partial charge in [0.1, 0.15) is 6.29 Å². The maximum absolute atomic E-state index is 10.3. The molecule has 0 radical (unpaired) electrons. The Morgan fingerprint density at radius 1 is 1.89 bits per heavy atom. The van der Waals surface area contributed by atoms with Crippen molar-refractivity contribution >= 4 is 12.3 Å². The molecule has 2 N–H and O–H groups in total. The minimum absolute atomic E-state index is 0.0796. The second kappa shape index (κ2) is 3.85. The van der Waals surface area contributed by atoms with Crippen molar-refractivity contribution in [2.75, 3.05) is 13.6 Å². The number of amides is 2. The van der Waals surface area contributed by atoms with E-state index in [1.807, 2.05) is 0 Å². The van der Waals surface area contributed by atoms with Crippen molar-refractivity contribution in [3.63, 3.8) is 0 Å². The van der Waals surface area contributed by atoms with Gasteiger partial charge in [0.15, 0.2) is 0 Å². The molecule has 5 nitrogen and oxygen atoms in total. The van der Waals surface area contributed by atoms with Crippen LogP contribution in [0.5, 0.6) is 0 Å². The quantitative estimate of drug-likeness (QED) is 0.294. The fourth-order valence-electron chi connectivity index (χ4n) is 0.243. The van der Waals surface area contributed by atoms with Gasteiger partial charge in [-0.3, -0.25) is 5.21 Å². The number of nitrogens with zero attached hydrogens (tertiary/aromatic N) is 1. The average molecular weight is 132 g/mol. The normalized spacial score (nSPS) is 8.22. The van der Waals surface area contributed by atoms with Gasteiger partial charge >= 0.3 is 6.03 Å². The topological polar surface area (TPSA) is 69.6 Å². The van der Waals surface area contributed by atoms with Crippen molar-refractivity contribution in [3.8, 4) is 0 Å². The Balaban J connectivity index is 3.38. The molecule has 0 bridgehead atoms. The number of carbonyl (C=O) groups is 2. The minimum Gasteiger partial charge on any atom is -0.329 e. The van der Waals surface area contributed by atoms with Crippen LogP contribution in [0.15, 0.2) is 0 Å². The first-order valence-electron chi connectivity index (χ1n) is 2.32. The fourth-order valence-corrected chi connectivity index (χ4v) is 0.243. The van der Waals surface area contributed by atoms with Crippen LogP contribution < -0.4 is 5.32 Å². The van der Waals surface area contributed by atoms with Gasteiger partial charge in [0, 0.05) is 7.05 Å². The Morgan fingerprint density at radius 2 is 2.44 bits per heavy atom. The lowest BCUT2D eigenvalue weighted by molar-refractivity contribution is -0.107. The Labute approximate surface area is 52.2 Å². The highest BCUT2D eigenvalue weighted by Gasteiger charge is 2.00. The highest BCUT2D eigenvalue weighted by Crippen LogP contribution is 1.72. The zero-order valence-corrected chi connectivity index (χ0v) is 5.00. The van der Waals surface area contributed by atoms with E-state index >= 15 is 0 Å². The SMILES string of the molecule is CN(O)C(=O)NCC=O. The highest BCUT2D eigenvalue weighted by molar-refractivity contribution is 5.75. The fraction of sp³-hybridized carbons (Fsp3) is 0.500. The third kappa shape index (κ3) is 3.48. The van der Waals surface area contributed by atoms with Crippen molar-refractivity contribution in [1.82, 2.24) is 10.4 Å². The molecule has 52 valence electrons. The third-order valence-corrected chi connectivity index (χ3v) is 0.631. The van der Waals surface area contributed by atoms with Crippen molar-refractivity contribution in [3.05, 3.63) is 0 Å². The molecule has 0 atom stereocenters. The summed E-state index contributed by atoms with van der Waals surface area (Å²) >= 11 is 0. The highest BCUT2D eigenvalue weighted by atomic mass is 16.5. The summed E-state index contributed by atoms with van der Waals surface area (Å²) in [4.78, 5) is 19.9. The number of urea groups is 1. The van der Waals surface area contributed by atoms with E-state index in [9.17, 15) is 9.59 Å². The first-order valence-corrected chi connectivity index (χ1v) is 2.32. The molecule has 5 heteroatoms. The van der Waals surface area contributed by atoms with Gasteiger partial charge < -0.3 is 10.1 Å². The van der Waals surface area contributed by atoms with E-state index in [2.05, 4.69) is 5.32 Å². The van der Waals surface area contributed by atoms with Crippen molar-refractivity contribution in [2.24, 2.45) is 0 Å². The summed E-state index contributed by atoms with van der Waals surface area (Å²) in [7, 11) is 1.17. The van der Waals surface area contributed by atoms with E-state index in [4.69, 9.17) is 5.21 Å². The van der Waals surface area contributed by atoms with Crippen LogP contribution in [0.3, 0.4) is 0 Å². The molecule has 0 saturated carbocycles. The molecule has 0 saturated heterocycles. The van der Waals surface area contributed by atoms with E-state index in [1.165, 1.54) is 7.05 Å². The Kier molecular flexibility index (Phi) is 3.38. The van der Waals surface area contributed by atoms with Crippen LogP contribution in [0.4, 0.5) is 4.79 Å². The van der Waals surface area contributed by atoms with Crippen molar-refractivity contribution in [2.45, 2.75) is 0 Å². The van der Waals surface area contributed by atoms with Crippen LogP contribution in [0.2, 0.25) is 0 Å². The van der Waals surface area contributed by atoms with Crippen LogP contribution in [0.1, 0.15) is 0 Å². The third-order valence-electron chi connectivity index (χ3n) is 0.631. The summed E-state index contributed by atoms with van der Waals surface area (Å²) in [6, 6.07) is -0.693. The summed E-state index contributed by atoms with van der Waals surface area (Å²) in [5.74, 6) is 0. The molecule has 0 unspecified atom stereocenters. The molecule has 0 aromatic rings. The number of aldehydes is 1. The van der Waals surface area contributed by atoms with Crippen LogP contribution in [0.25, 0.3) is 0 Å². The van der Waals surface area contributed by atoms with Crippen molar-refractivity contribution < 1.29 is 14.8 Å². The van der Waals surface area contributed by atoms with Gasteiger partial charge in [-0.05, 0) is 0 Å². The summed E-state index contributed by atoms with van der Waals surface area (Å²) in [6.45, 7) is -0.0796. The van der Waals surface area contributed by atoms with E-state index in [-0.39, 0.29) is 6.54 Å². The molecule has 0 fully saturated rings. The second-order valence-corrected chi connectivity index (χ2v) is 1.38. The molecule has 9 heavy (non-hydrogen) atoms. The maximum atomic E-state index is 10.3. The molecule has 0 heterocycles. The van der Waals surface area contributed by atoms with Gasteiger partial charge in [-0.2, -0.15) is 0 Å². The summed E-state index contributed by atoms with van der Waals surface area (Å²) in [5.41, 5.74) is 0. The van der Waals surface area contributed by atoms with Crippen LogP contribution in [-0.4, -0.2) is 36.2 Å². The second-order valence-electron chi connectivity index (χ2n) is 1.38. The van der Waals surface area contributed by atoms with E-state index in [0.717, 1.165) is 0 Å². The predicted octanol–water partition coefficient (Wildman–Crippen LogP) is -0.784. The largest absolute Gasteiger partial charge is 0.341 e. The standard InChI is InChI=1S/C4H8N2O3/c1-6(9)4(8)5-2-3-7/h3,9H,2H2,1H3,(H,5,8). The van der Waals surface area contributed by atoms with Gasteiger partial charge in [-0.15, -0.1) is 0 Å². The molecule has 0 aliphatic heterocycles. The minimum atomic E-state index is -0.693. The lowest BCUT2D eigenvalue weighted by atomic mass is 10.7. The monoisotopic (exact) mass is 132 g/mol. The van der Waals surface area contributed by atoms with Crippen LogP contribution in [-0.2, 0) is 4.79 Å². The Morgan fingerprint density at radius 3 is 2.78 bits per heavy atom. The number of nitrogens with one attached hydrogen (secondary N) is 1. The molecular weight excluding hydrogens is 124 g/mol. The Hall–Kier alpha value is -1.10. The molecule has 0 spiro atoms. The molecule has 0 aliphatic carbocycles. The number of hydrogen-bond donors (Lipinski definition) is 2. The van der Waals surface area contributed by atoms with E-state index in [1.54, 1.807) is 0 Å². The van der Waals surface area contributed by atoms with Gasteiger partial charge in [-0.25, -0.2) is 9.86 Å².